The molecule has 0 radical (unpaired) electrons. The first kappa shape index (κ1) is 18.2. The molecule has 0 unspecified atom stereocenters. The third kappa shape index (κ3) is 2.51. The quantitative estimate of drug-likeness (QED) is 0.683. The number of aromatic amines is 1. The summed E-state index contributed by atoms with van der Waals surface area (Å²) in [5.74, 6) is -2.58. The third-order valence-electron chi connectivity index (χ3n) is 5.17. The summed E-state index contributed by atoms with van der Waals surface area (Å²) in [5.41, 5.74) is 2.85. The summed E-state index contributed by atoms with van der Waals surface area (Å²) in [5, 5.41) is 1.95. The molecule has 0 bridgehead atoms. The Morgan fingerprint density at radius 1 is 1.21 bits per heavy atom. The van der Waals surface area contributed by atoms with Crippen LogP contribution in [0.25, 0.3) is 21.8 Å². The lowest BCUT2D eigenvalue weighted by atomic mass is 9.93. The van der Waals surface area contributed by atoms with E-state index in [4.69, 9.17) is 14.2 Å². The summed E-state index contributed by atoms with van der Waals surface area (Å²) in [6, 6.07) is 9.74. The van der Waals surface area contributed by atoms with E-state index in [0.717, 1.165) is 16.3 Å². The predicted octanol–water partition coefficient (Wildman–Crippen LogP) is 3.34. The maximum absolute atomic E-state index is 12.6. The minimum Gasteiger partial charge on any atom is -0.469 e. The predicted molar refractivity (Wildman–Crippen MR) is 102 cm³/mol. The number of ether oxygens (including phenoxy) is 3. The summed E-state index contributed by atoms with van der Waals surface area (Å²) in [4.78, 5) is 32.5. The number of H-pyrrole nitrogens is 1. The van der Waals surface area contributed by atoms with E-state index in [-0.39, 0.29) is 6.42 Å². The van der Waals surface area contributed by atoms with Crippen molar-refractivity contribution < 1.29 is 23.8 Å². The molecule has 1 aliphatic rings. The van der Waals surface area contributed by atoms with E-state index in [9.17, 15) is 9.59 Å². The molecule has 2 aromatic heterocycles. The molecular formula is C21H20N2O5. The van der Waals surface area contributed by atoms with Crippen LogP contribution in [0.1, 0.15) is 25.5 Å². The van der Waals surface area contributed by atoms with Crippen molar-refractivity contribution in [1.29, 1.82) is 0 Å². The van der Waals surface area contributed by atoms with Crippen LogP contribution >= 0.6 is 0 Å². The molecule has 1 aromatic carbocycles. The van der Waals surface area contributed by atoms with Gasteiger partial charge < -0.3 is 19.2 Å². The number of esters is 2. The fourth-order valence-electron chi connectivity index (χ4n) is 3.85. The number of carbonyl (C=O) groups is 2. The van der Waals surface area contributed by atoms with E-state index in [0.29, 0.717) is 28.8 Å². The Bertz CT molecular complexity index is 1130. The zero-order chi connectivity index (χ0) is 19.9. The highest BCUT2D eigenvalue weighted by atomic mass is 16.7. The second kappa shape index (κ2) is 6.76. The smallest absolute Gasteiger partial charge is 0.337 e. The molecule has 28 heavy (non-hydrogen) atoms. The van der Waals surface area contributed by atoms with Gasteiger partial charge in [-0.05, 0) is 18.6 Å². The summed E-state index contributed by atoms with van der Waals surface area (Å²) in [7, 11) is 2.74. The highest BCUT2D eigenvalue weighted by molar-refractivity contribution is 6.08. The molecule has 144 valence electrons. The van der Waals surface area contributed by atoms with E-state index in [1.54, 1.807) is 6.20 Å². The van der Waals surface area contributed by atoms with Gasteiger partial charge in [0.1, 0.15) is 5.69 Å². The van der Waals surface area contributed by atoms with Gasteiger partial charge in [-0.2, -0.15) is 0 Å². The Hall–Kier alpha value is -3.19. The van der Waals surface area contributed by atoms with Crippen LogP contribution in [-0.2, 0) is 29.6 Å². The number of nitrogens with zero attached hydrogens (tertiary/aromatic N) is 1. The number of fused-ring (bicyclic) bond motifs is 3. The molecule has 3 aromatic rings. The Kier molecular flexibility index (Phi) is 4.39. The SMILES string of the molecule is CCC1=C(CC(=O)OC)[C@@](OC)(c2nccc3c2[nH]c2ccccc23)OC1=O. The van der Waals surface area contributed by atoms with Gasteiger partial charge in [0.15, 0.2) is 0 Å². The van der Waals surface area contributed by atoms with Gasteiger partial charge in [0.05, 0.1) is 19.0 Å². The van der Waals surface area contributed by atoms with Gasteiger partial charge >= 0.3 is 11.9 Å². The fraction of sp³-hybridized carbons (Fsp3) is 0.286. The largest absolute Gasteiger partial charge is 0.469 e. The molecule has 0 amide bonds. The van der Waals surface area contributed by atoms with Crippen LogP contribution in [0.15, 0.2) is 47.7 Å². The monoisotopic (exact) mass is 380 g/mol. The molecule has 1 atom stereocenters. The highest BCUT2D eigenvalue weighted by Gasteiger charge is 2.52. The van der Waals surface area contributed by atoms with E-state index in [2.05, 4.69) is 9.97 Å². The number of aromatic nitrogens is 2. The molecule has 0 spiro atoms. The number of hydrogen-bond acceptors (Lipinski definition) is 6. The van der Waals surface area contributed by atoms with Crippen molar-refractivity contribution in [3.63, 3.8) is 0 Å². The molecule has 0 saturated heterocycles. The molecule has 1 aliphatic heterocycles. The molecular weight excluding hydrogens is 360 g/mol. The maximum Gasteiger partial charge on any atom is 0.337 e. The van der Waals surface area contributed by atoms with Crippen LogP contribution in [0.2, 0.25) is 0 Å². The number of rotatable bonds is 5. The lowest BCUT2D eigenvalue weighted by Gasteiger charge is -2.28. The van der Waals surface area contributed by atoms with Crippen LogP contribution in [-0.4, -0.2) is 36.1 Å². The van der Waals surface area contributed by atoms with Gasteiger partial charge in [-0.1, -0.05) is 25.1 Å². The van der Waals surface area contributed by atoms with Crippen LogP contribution < -0.4 is 0 Å². The van der Waals surface area contributed by atoms with Crippen molar-refractivity contribution in [2.75, 3.05) is 14.2 Å². The summed E-state index contributed by atoms with van der Waals surface area (Å²) < 4.78 is 16.3. The fourth-order valence-corrected chi connectivity index (χ4v) is 3.85. The standard InChI is InChI=1S/C21H20N2O5/c1-4-12-15(11-17(24)26-2)21(27-3,28-20(12)25)19-18-14(9-10-22-19)13-7-5-6-8-16(13)23-18/h5-10,23H,4,11H2,1-3H3/t21-/m0/s1. The number of benzene rings is 1. The number of pyridine rings is 1. The van der Waals surface area contributed by atoms with Crippen LogP contribution in [0.5, 0.6) is 0 Å². The first-order valence-corrected chi connectivity index (χ1v) is 8.99. The number of hydrogen-bond donors (Lipinski definition) is 1. The lowest BCUT2D eigenvalue weighted by molar-refractivity contribution is -0.199. The van der Waals surface area contributed by atoms with Crippen molar-refractivity contribution in [3.8, 4) is 0 Å². The van der Waals surface area contributed by atoms with Crippen molar-refractivity contribution >= 4 is 33.7 Å². The van der Waals surface area contributed by atoms with Crippen molar-refractivity contribution in [1.82, 2.24) is 9.97 Å². The van der Waals surface area contributed by atoms with Crippen molar-refractivity contribution in [2.24, 2.45) is 0 Å². The molecule has 3 heterocycles. The number of cyclic esters (lactones) is 1. The third-order valence-corrected chi connectivity index (χ3v) is 5.17. The number of methoxy groups -OCH3 is 2. The molecule has 0 fully saturated rings. The molecule has 0 aliphatic carbocycles. The normalized spacial score (nSPS) is 19.5. The van der Waals surface area contributed by atoms with Gasteiger partial charge in [0, 0.05) is 40.7 Å². The molecule has 7 heteroatoms. The minimum atomic E-state index is -1.59. The second-order valence-electron chi connectivity index (χ2n) is 6.53. The van der Waals surface area contributed by atoms with E-state index >= 15 is 0 Å². The molecule has 0 saturated carbocycles. The Labute approximate surface area is 161 Å². The van der Waals surface area contributed by atoms with Crippen molar-refractivity contribution in [2.45, 2.75) is 25.6 Å². The highest BCUT2D eigenvalue weighted by Crippen LogP contribution is 2.46. The number of carbonyl (C=O) groups excluding carboxylic acids is 2. The van der Waals surface area contributed by atoms with Crippen LogP contribution in [0.4, 0.5) is 0 Å². The molecule has 4 rings (SSSR count). The Morgan fingerprint density at radius 3 is 2.71 bits per heavy atom. The molecule has 1 N–H and O–H groups in total. The summed E-state index contributed by atoms with van der Waals surface area (Å²) >= 11 is 0. The maximum atomic E-state index is 12.6. The first-order chi connectivity index (χ1) is 13.6. The van der Waals surface area contributed by atoms with Gasteiger partial charge in [0.25, 0.3) is 5.79 Å². The van der Waals surface area contributed by atoms with Crippen molar-refractivity contribution in [3.05, 3.63) is 53.4 Å². The van der Waals surface area contributed by atoms with Crippen LogP contribution in [0.3, 0.4) is 0 Å². The Balaban J connectivity index is 2.00. The summed E-state index contributed by atoms with van der Waals surface area (Å²) in [6.07, 6.45) is 1.92. The average molecular weight is 380 g/mol. The van der Waals surface area contributed by atoms with E-state index in [1.807, 2.05) is 37.3 Å². The number of para-hydroxylation sites is 1. The van der Waals surface area contributed by atoms with E-state index < -0.39 is 17.7 Å². The minimum absolute atomic E-state index is 0.127. The van der Waals surface area contributed by atoms with Gasteiger partial charge in [0.2, 0.25) is 0 Å². The van der Waals surface area contributed by atoms with Crippen LogP contribution in [0, 0.1) is 0 Å². The average Bonchev–Trinajstić information content (AvgIpc) is 3.23. The second-order valence-corrected chi connectivity index (χ2v) is 6.53. The lowest BCUT2D eigenvalue weighted by Crippen LogP contribution is -2.34. The zero-order valence-electron chi connectivity index (χ0n) is 15.9. The first-order valence-electron chi connectivity index (χ1n) is 8.99. The number of nitrogens with one attached hydrogen (secondary N) is 1. The van der Waals surface area contributed by atoms with E-state index in [1.165, 1.54) is 14.2 Å². The topological polar surface area (TPSA) is 90.5 Å². The zero-order valence-corrected chi connectivity index (χ0v) is 15.9. The Morgan fingerprint density at radius 2 is 2.00 bits per heavy atom. The van der Waals surface area contributed by atoms with Gasteiger partial charge in [-0.3, -0.25) is 9.78 Å². The van der Waals surface area contributed by atoms with Gasteiger partial charge in [-0.15, -0.1) is 0 Å². The van der Waals surface area contributed by atoms with Gasteiger partial charge in [-0.25, -0.2) is 4.79 Å². The molecule has 7 nitrogen and oxygen atoms in total. The summed E-state index contributed by atoms with van der Waals surface area (Å²) in [6.45, 7) is 1.83.